The number of aryl methyl sites for hydroxylation is 1. The highest BCUT2D eigenvalue weighted by Gasteiger charge is 2.65. The molecular formula is C35H29NO5. The van der Waals surface area contributed by atoms with Crippen molar-refractivity contribution < 1.29 is 24.3 Å². The van der Waals surface area contributed by atoms with E-state index < -0.39 is 29.1 Å². The molecule has 3 aliphatic carbocycles. The van der Waals surface area contributed by atoms with Gasteiger partial charge in [-0.25, -0.2) is 0 Å². The van der Waals surface area contributed by atoms with E-state index in [2.05, 4.69) is 5.32 Å². The molecule has 1 saturated carbocycles. The minimum Gasteiger partial charge on any atom is -0.508 e. The standard InChI is InChI=1S/C35H29NO5/c1-19-16-21(12-15-28(19)37)31-23-13-14-24-30(34(41)36-33(24)40)26(23)17-27-32(39)25(20-8-4-2-5-9-20)18-29(38)35(27,31)22-10-6-3-7-11-22/h2-13,15-16,18,24,26-27,30-31,37H,14,17H2,1H3,(H,36,40,41). The van der Waals surface area contributed by atoms with Crippen molar-refractivity contribution >= 4 is 29.0 Å². The third-order valence-electron chi connectivity index (χ3n) is 9.77. The molecule has 0 aromatic heterocycles. The van der Waals surface area contributed by atoms with Gasteiger partial charge in [0.2, 0.25) is 11.8 Å². The molecule has 6 nitrogen and oxygen atoms in total. The molecule has 3 aromatic rings. The van der Waals surface area contributed by atoms with Crippen LogP contribution in [0.1, 0.15) is 41.0 Å². The minimum atomic E-state index is -1.26. The van der Waals surface area contributed by atoms with Crippen molar-refractivity contribution in [1.29, 1.82) is 0 Å². The SMILES string of the molecule is Cc1cc(C2C3=CCC4C(=O)NC(=O)C4C3CC3C(=O)C(c4ccccc4)=CC(=O)C32c2ccccc2)ccc1O. The summed E-state index contributed by atoms with van der Waals surface area (Å²) in [6.07, 6.45) is 4.22. The molecule has 0 radical (unpaired) electrons. The van der Waals surface area contributed by atoms with Crippen molar-refractivity contribution in [2.24, 2.45) is 23.7 Å². The molecule has 6 unspecified atom stereocenters. The summed E-state index contributed by atoms with van der Waals surface area (Å²) < 4.78 is 0. The van der Waals surface area contributed by atoms with Gasteiger partial charge in [-0.2, -0.15) is 0 Å². The third-order valence-corrected chi connectivity index (χ3v) is 9.77. The number of phenolic OH excluding ortho intramolecular Hbond substituents is 1. The molecular weight excluding hydrogens is 514 g/mol. The first-order chi connectivity index (χ1) is 19.8. The van der Waals surface area contributed by atoms with E-state index in [9.17, 15) is 24.3 Å². The summed E-state index contributed by atoms with van der Waals surface area (Å²) in [4.78, 5) is 55.4. The van der Waals surface area contributed by atoms with Crippen LogP contribution in [0.3, 0.4) is 0 Å². The summed E-state index contributed by atoms with van der Waals surface area (Å²) >= 11 is 0. The number of amides is 2. The van der Waals surface area contributed by atoms with Gasteiger partial charge >= 0.3 is 0 Å². The molecule has 2 N–H and O–H groups in total. The van der Waals surface area contributed by atoms with E-state index in [0.29, 0.717) is 23.1 Å². The number of Topliss-reactive ketones (excluding diaryl/α,β-unsaturated/α-hetero) is 1. The quantitative estimate of drug-likeness (QED) is 0.365. The van der Waals surface area contributed by atoms with Crippen LogP contribution in [0.4, 0.5) is 0 Å². The summed E-state index contributed by atoms with van der Waals surface area (Å²) in [6.45, 7) is 1.81. The van der Waals surface area contributed by atoms with Gasteiger partial charge < -0.3 is 5.11 Å². The minimum absolute atomic E-state index is 0.133. The van der Waals surface area contributed by atoms with Gasteiger partial charge in [0.25, 0.3) is 0 Å². The first kappa shape index (κ1) is 25.4. The predicted molar refractivity (Wildman–Crippen MR) is 153 cm³/mol. The van der Waals surface area contributed by atoms with Crippen molar-refractivity contribution in [3.63, 3.8) is 0 Å². The van der Waals surface area contributed by atoms with E-state index in [1.54, 1.807) is 13.0 Å². The Balaban J connectivity index is 1.53. The monoisotopic (exact) mass is 543 g/mol. The lowest BCUT2D eigenvalue weighted by Gasteiger charge is -2.55. The maximum absolute atomic E-state index is 14.8. The number of aromatic hydroxyl groups is 1. The van der Waals surface area contributed by atoms with E-state index in [0.717, 1.165) is 16.7 Å². The number of fused-ring (bicyclic) bond motifs is 4. The second-order valence-electron chi connectivity index (χ2n) is 11.7. The third kappa shape index (κ3) is 3.56. The summed E-state index contributed by atoms with van der Waals surface area (Å²) in [5, 5.41) is 12.9. The highest BCUT2D eigenvalue weighted by molar-refractivity contribution is 6.31. The lowest BCUT2D eigenvalue weighted by Crippen LogP contribution is -2.58. The Morgan fingerprint density at radius 2 is 1.56 bits per heavy atom. The van der Waals surface area contributed by atoms with Gasteiger partial charge in [0.15, 0.2) is 11.6 Å². The summed E-state index contributed by atoms with van der Waals surface area (Å²) in [5.41, 5.74) is 2.91. The number of benzene rings is 3. The summed E-state index contributed by atoms with van der Waals surface area (Å²) in [5.74, 6) is -3.52. The maximum Gasteiger partial charge on any atom is 0.231 e. The number of allylic oxidation sites excluding steroid dienone is 4. The Kier molecular flexibility index (Phi) is 5.72. The van der Waals surface area contributed by atoms with Crippen molar-refractivity contribution in [3.05, 3.63) is 119 Å². The molecule has 1 aliphatic heterocycles. The number of carbonyl (C=O) groups is 4. The molecule has 0 bridgehead atoms. The van der Waals surface area contributed by atoms with E-state index >= 15 is 0 Å². The molecule has 3 aromatic carbocycles. The average Bonchev–Trinajstić information content (AvgIpc) is 3.29. The highest BCUT2D eigenvalue weighted by Crippen LogP contribution is 2.63. The molecule has 2 fully saturated rings. The molecule has 0 spiro atoms. The number of hydrogen-bond donors (Lipinski definition) is 2. The van der Waals surface area contributed by atoms with Gasteiger partial charge in [-0.1, -0.05) is 84.4 Å². The second kappa shape index (κ2) is 9.23. The molecule has 1 saturated heterocycles. The Bertz CT molecular complexity index is 1690. The van der Waals surface area contributed by atoms with E-state index in [4.69, 9.17) is 0 Å². The lowest BCUT2D eigenvalue weighted by atomic mass is 9.44. The largest absolute Gasteiger partial charge is 0.508 e. The smallest absolute Gasteiger partial charge is 0.231 e. The molecule has 1 heterocycles. The van der Waals surface area contributed by atoms with Crippen molar-refractivity contribution in [2.75, 3.05) is 0 Å². The number of phenols is 1. The van der Waals surface area contributed by atoms with Gasteiger partial charge in [-0.3, -0.25) is 24.5 Å². The fourth-order valence-electron chi connectivity index (χ4n) is 8.02. The van der Waals surface area contributed by atoms with Gasteiger partial charge in [0.05, 0.1) is 17.3 Å². The van der Waals surface area contributed by atoms with E-state index in [-0.39, 0.29) is 41.5 Å². The van der Waals surface area contributed by atoms with Crippen LogP contribution in [-0.4, -0.2) is 28.5 Å². The lowest BCUT2D eigenvalue weighted by molar-refractivity contribution is -0.135. The van der Waals surface area contributed by atoms with Crippen LogP contribution in [0.15, 0.2) is 96.6 Å². The number of rotatable bonds is 3. The first-order valence-corrected chi connectivity index (χ1v) is 14.1. The Labute approximate surface area is 237 Å². The van der Waals surface area contributed by atoms with Crippen LogP contribution in [0.25, 0.3) is 5.57 Å². The van der Waals surface area contributed by atoms with Crippen molar-refractivity contribution in [2.45, 2.75) is 31.1 Å². The number of nitrogens with one attached hydrogen (secondary N) is 1. The summed E-state index contributed by atoms with van der Waals surface area (Å²) in [6, 6.07) is 24.0. The van der Waals surface area contributed by atoms with Gasteiger partial charge in [-0.15, -0.1) is 0 Å². The number of hydrogen-bond acceptors (Lipinski definition) is 5. The molecule has 6 heteroatoms. The fourth-order valence-corrected chi connectivity index (χ4v) is 8.02. The van der Waals surface area contributed by atoms with Crippen LogP contribution in [0, 0.1) is 30.6 Å². The molecule has 7 rings (SSSR count). The van der Waals surface area contributed by atoms with E-state index in [1.807, 2.05) is 78.9 Å². The van der Waals surface area contributed by atoms with Crippen LogP contribution >= 0.6 is 0 Å². The van der Waals surface area contributed by atoms with Crippen LogP contribution in [0.5, 0.6) is 5.75 Å². The normalized spacial score (nSPS) is 30.5. The predicted octanol–water partition coefficient (Wildman–Crippen LogP) is 4.81. The van der Waals surface area contributed by atoms with Crippen LogP contribution < -0.4 is 5.32 Å². The molecule has 41 heavy (non-hydrogen) atoms. The fraction of sp³-hybridized carbons (Fsp3) is 0.257. The van der Waals surface area contributed by atoms with Crippen LogP contribution in [-0.2, 0) is 24.6 Å². The number of imide groups is 1. The molecule has 4 aliphatic rings. The number of carbonyl (C=O) groups excluding carboxylic acids is 4. The van der Waals surface area contributed by atoms with Gasteiger partial charge in [0.1, 0.15) is 5.75 Å². The zero-order chi connectivity index (χ0) is 28.5. The van der Waals surface area contributed by atoms with Crippen LogP contribution in [0.2, 0.25) is 0 Å². The molecule has 2 amide bonds. The Morgan fingerprint density at radius 3 is 2.27 bits per heavy atom. The number of ketones is 2. The Morgan fingerprint density at radius 1 is 0.854 bits per heavy atom. The van der Waals surface area contributed by atoms with Gasteiger partial charge in [0, 0.05) is 17.4 Å². The Hall–Kier alpha value is -4.58. The van der Waals surface area contributed by atoms with Gasteiger partial charge in [-0.05, 0) is 60.1 Å². The topological polar surface area (TPSA) is 101 Å². The average molecular weight is 544 g/mol. The molecule has 6 atom stereocenters. The van der Waals surface area contributed by atoms with E-state index in [1.165, 1.54) is 6.08 Å². The summed E-state index contributed by atoms with van der Waals surface area (Å²) in [7, 11) is 0. The maximum atomic E-state index is 14.8. The zero-order valence-corrected chi connectivity index (χ0v) is 22.5. The van der Waals surface area contributed by atoms with Crippen molar-refractivity contribution in [1.82, 2.24) is 5.32 Å². The second-order valence-corrected chi connectivity index (χ2v) is 11.7. The molecule has 204 valence electrons. The highest BCUT2D eigenvalue weighted by atomic mass is 16.3. The zero-order valence-electron chi connectivity index (χ0n) is 22.5. The first-order valence-electron chi connectivity index (χ1n) is 14.1. The van der Waals surface area contributed by atoms with Crippen molar-refractivity contribution in [3.8, 4) is 5.75 Å².